The molecule has 2 aromatic rings. The first-order valence-corrected chi connectivity index (χ1v) is 6.79. The van der Waals surface area contributed by atoms with Crippen molar-refractivity contribution in [1.29, 1.82) is 0 Å². The molecule has 1 amide bonds. The SMILES string of the molecule is CNC(C)c1ccccc1NC(=O)c1c[nH]c(C)cc1=O. The largest absolute Gasteiger partial charge is 0.364 e. The van der Waals surface area contributed by atoms with Crippen LogP contribution in [0, 0.1) is 6.92 Å². The average Bonchev–Trinajstić information content (AvgIpc) is 2.46. The molecule has 0 aliphatic heterocycles. The van der Waals surface area contributed by atoms with Crippen LogP contribution in [0.2, 0.25) is 0 Å². The second kappa shape index (κ2) is 6.37. The number of carbonyl (C=O) groups is 1. The summed E-state index contributed by atoms with van der Waals surface area (Å²) in [5, 5.41) is 5.94. The van der Waals surface area contributed by atoms with Gasteiger partial charge in [0.2, 0.25) is 0 Å². The lowest BCUT2D eigenvalue weighted by atomic mass is 10.1. The van der Waals surface area contributed by atoms with E-state index in [1.54, 1.807) is 6.92 Å². The molecule has 1 unspecified atom stereocenters. The lowest BCUT2D eigenvalue weighted by Crippen LogP contribution is -2.23. The van der Waals surface area contributed by atoms with E-state index in [2.05, 4.69) is 15.6 Å². The Bertz CT molecular complexity index is 707. The van der Waals surface area contributed by atoms with Gasteiger partial charge in [0.25, 0.3) is 5.91 Å². The molecule has 0 radical (unpaired) electrons. The van der Waals surface area contributed by atoms with Crippen LogP contribution in [0.3, 0.4) is 0 Å². The van der Waals surface area contributed by atoms with Crippen molar-refractivity contribution < 1.29 is 4.79 Å². The summed E-state index contributed by atoms with van der Waals surface area (Å²) in [6.45, 7) is 3.77. The molecule has 2 rings (SSSR count). The topological polar surface area (TPSA) is 74.0 Å². The Morgan fingerprint density at radius 2 is 2.00 bits per heavy atom. The van der Waals surface area contributed by atoms with Gasteiger partial charge in [0, 0.05) is 29.7 Å². The van der Waals surface area contributed by atoms with Gasteiger partial charge in [0.15, 0.2) is 5.43 Å². The van der Waals surface area contributed by atoms with Crippen LogP contribution in [0.25, 0.3) is 0 Å². The zero-order valence-electron chi connectivity index (χ0n) is 12.4. The van der Waals surface area contributed by atoms with E-state index in [-0.39, 0.29) is 17.0 Å². The van der Waals surface area contributed by atoms with Crippen LogP contribution in [-0.2, 0) is 0 Å². The molecule has 0 saturated carbocycles. The molecular weight excluding hydrogens is 266 g/mol. The maximum absolute atomic E-state index is 12.3. The van der Waals surface area contributed by atoms with Crippen LogP contribution in [0.4, 0.5) is 5.69 Å². The predicted octanol–water partition coefficient (Wildman–Crippen LogP) is 2.22. The summed E-state index contributed by atoms with van der Waals surface area (Å²) in [6, 6.07) is 9.03. The van der Waals surface area contributed by atoms with Crippen LogP contribution in [0.5, 0.6) is 0 Å². The number of benzene rings is 1. The maximum Gasteiger partial charge on any atom is 0.261 e. The molecule has 1 heterocycles. The smallest absolute Gasteiger partial charge is 0.261 e. The number of pyridine rings is 1. The molecule has 1 atom stereocenters. The minimum Gasteiger partial charge on any atom is -0.364 e. The summed E-state index contributed by atoms with van der Waals surface area (Å²) in [5.41, 5.74) is 2.21. The summed E-state index contributed by atoms with van der Waals surface area (Å²) in [7, 11) is 1.86. The van der Waals surface area contributed by atoms with Gasteiger partial charge in [0.1, 0.15) is 5.56 Å². The molecular formula is C16H19N3O2. The van der Waals surface area contributed by atoms with E-state index in [0.29, 0.717) is 5.69 Å². The lowest BCUT2D eigenvalue weighted by Gasteiger charge is -2.16. The number of rotatable bonds is 4. The third-order valence-electron chi connectivity index (χ3n) is 3.41. The van der Waals surface area contributed by atoms with Gasteiger partial charge in [-0.25, -0.2) is 0 Å². The van der Waals surface area contributed by atoms with E-state index in [1.807, 2.05) is 38.2 Å². The molecule has 0 aliphatic carbocycles. The van der Waals surface area contributed by atoms with Crippen LogP contribution in [0.1, 0.15) is 34.6 Å². The summed E-state index contributed by atoms with van der Waals surface area (Å²) in [4.78, 5) is 27.0. The highest BCUT2D eigenvalue weighted by atomic mass is 16.2. The Kier molecular flexibility index (Phi) is 4.55. The number of anilines is 1. The quantitative estimate of drug-likeness (QED) is 0.806. The molecule has 1 aromatic carbocycles. The third kappa shape index (κ3) is 3.38. The normalized spacial score (nSPS) is 12.0. The fourth-order valence-corrected chi connectivity index (χ4v) is 2.08. The van der Waals surface area contributed by atoms with E-state index in [0.717, 1.165) is 11.3 Å². The van der Waals surface area contributed by atoms with E-state index < -0.39 is 5.91 Å². The number of aromatic amines is 1. The van der Waals surface area contributed by atoms with E-state index in [4.69, 9.17) is 0 Å². The number of hydrogen-bond donors (Lipinski definition) is 3. The van der Waals surface area contributed by atoms with Crippen molar-refractivity contribution in [3.05, 3.63) is 63.6 Å². The molecule has 1 aromatic heterocycles. The first-order chi connectivity index (χ1) is 10.0. The minimum absolute atomic E-state index is 0.0952. The van der Waals surface area contributed by atoms with Crippen LogP contribution < -0.4 is 16.1 Å². The van der Waals surface area contributed by atoms with Gasteiger partial charge in [0.05, 0.1) is 0 Å². The van der Waals surface area contributed by atoms with E-state index >= 15 is 0 Å². The Balaban J connectivity index is 2.30. The molecule has 0 saturated heterocycles. The number of carbonyl (C=O) groups excluding carboxylic acids is 1. The summed E-state index contributed by atoms with van der Waals surface area (Å²) in [5.74, 6) is -0.410. The molecule has 0 aliphatic rings. The van der Waals surface area contributed by atoms with Crippen LogP contribution in [0.15, 0.2) is 41.3 Å². The summed E-state index contributed by atoms with van der Waals surface area (Å²) < 4.78 is 0. The number of H-pyrrole nitrogens is 1. The third-order valence-corrected chi connectivity index (χ3v) is 3.41. The van der Waals surface area contributed by atoms with E-state index in [1.165, 1.54) is 12.3 Å². The average molecular weight is 285 g/mol. The lowest BCUT2D eigenvalue weighted by molar-refractivity contribution is 0.102. The van der Waals surface area contributed by atoms with Crippen molar-refractivity contribution in [2.75, 3.05) is 12.4 Å². The number of aryl methyl sites for hydroxylation is 1. The fourth-order valence-electron chi connectivity index (χ4n) is 2.08. The summed E-state index contributed by atoms with van der Waals surface area (Å²) in [6.07, 6.45) is 1.44. The van der Waals surface area contributed by atoms with Gasteiger partial charge in [-0.15, -0.1) is 0 Å². The number of hydrogen-bond acceptors (Lipinski definition) is 3. The van der Waals surface area contributed by atoms with Gasteiger partial charge in [-0.2, -0.15) is 0 Å². The van der Waals surface area contributed by atoms with Crippen molar-refractivity contribution in [3.63, 3.8) is 0 Å². The first-order valence-electron chi connectivity index (χ1n) is 6.79. The molecule has 0 bridgehead atoms. The molecule has 0 fully saturated rings. The second-order valence-corrected chi connectivity index (χ2v) is 4.95. The van der Waals surface area contributed by atoms with Crippen LogP contribution >= 0.6 is 0 Å². The fraction of sp³-hybridized carbons (Fsp3) is 0.250. The first kappa shape index (κ1) is 15.0. The molecule has 5 heteroatoms. The summed E-state index contributed by atoms with van der Waals surface area (Å²) >= 11 is 0. The van der Waals surface area contributed by atoms with Crippen molar-refractivity contribution in [3.8, 4) is 0 Å². The van der Waals surface area contributed by atoms with Gasteiger partial charge in [-0.05, 0) is 32.5 Å². The van der Waals surface area contributed by atoms with Crippen molar-refractivity contribution in [2.45, 2.75) is 19.9 Å². The van der Waals surface area contributed by atoms with Gasteiger partial charge in [-0.3, -0.25) is 9.59 Å². The predicted molar refractivity (Wildman–Crippen MR) is 83.7 cm³/mol. The number of aromatic nitrogens is 1. The molecule has 0 spiro atoms. The Morgan fingerprint density at radius 3 is 2.67 bits per heavy atom. The standard InChI is InChI=1S/C16H19N3O2/c1-10-8-15(20)13(9-18-10)16(21)19-14-7-5-4-6-12(14)11(2)17-3/h4-9,11,17H,1-3H3,(H,18,20)(H,19,21). The monoisotopic (exact) mass is 285 g/mol. The van der Waals surface area contributed by atoms with Crippen LogP contribution in [-0.4, -0.2) is 17.9 Å². The highest BCUT2D eigenvalue weighted by Gasteiger charge is 2.14. The highest BCUT2D eigenvalue weighted by Crippen LogP contribution is 2.22. The Morgan fingerprint density at radius 1 is 1.29 bits per heavy atom. The second-order valence-electron chi connectivity index (χ2n) is 4.95. The van der Waals surface area contributed by atoms with Gasteiger partial charge in [-0.1, -0.05) is 18.2 Å². The van der Waals surface area contributed by atoms with Crippen molar-refractivity contribution >= 4 is 11.6 Å². The van der Waals surface area contributed by atoms with Gasteiger partial charge < -0.3 is 15.6 Å². The maximum atomic E-state index is 12.3. The molecule has 5 nitrogen and oxygen atoms in total. The molecule has 3 N–H and O–H groups in total. The number of amides is 1. The molecule has 21 heavy (non-hydrogen) atoms. The molecule has 110 valence electrons. The zero-order valence-corrected chi connectivity index (χ0v) is 12.4. The zero-order chi connectivity index (χ0) is 15.4. The minimum atomic E-state index is -0.410. The number of para-hydroxylation sites is 1. The van der Waals surface area contributed by atoms with Crippen molar-refractivity contribution in [1.82, 2.24) is 10.3 Å². The highest BCUT2D eigenvalue weighted by molar-refractivity contribution is 6.04. The van der Waals surface area contributed by atoms with E-state index in [9.17, 15) is 9.59 Å². The Hall–Kier alpha value is -2.40. The van der Waals surface area contributed by atoms with Gasteiger partial charge >= 0.3 is 0 Å². The Labute approximate surface area is 123 Å². The number of nitrogens with one attached hydrogen (secondary N) is 3. The van der Waals surface area contributed by atoms with Crippen molar-refractivity contribution in [2.24, 2.45) is 0 Å².